The van der Waals surface area contributed by atoms with E-state index in [2.05, 4.69) is 5.32 Å². The van der Waals surface area contributed by atoms with E-state index in [-0.39, 0.29) is 29.2 Å². The highest BCUT2D eigenvalue weighted by atomic mass is 19.1. The lowest BCUT2D eigenvalue weighted by atomic mass is 10.1. The van der Waals surface area contributed by atoms with E-state index in [1.807, 2.05) is 0 Å². The van der Waals surface area contributed by atoms with Crippen molar-refractivity contribution in [3.63, 3.8) is 0 Å². The molecular weight excluding hydrogens is 331 g/mol. The van der Waals surface area contributed by atoms with Crippen LogP contribution in [0.2, 0.25) is 0 Å². The highest BCUT2D eigenvalue weighted by Crippen LogP contribution is 2.34. The van der Waals surface area contributed by atoms with Crippen LogP contribution in [-0.2, 0) is 6.54 Å². The Morgan fingerprint density at radius 1 is 1.28 bits per heavy atom. The Morgan fingerprint density at radius 3 is 2.60 bits per heavy atom. The van der Waals surface area contributed by atoms with Crippen LogP contribution < -0.4 is 14.8 Å². The SMILES string of the molecule is CCOc1cc(C(=O)NCc2ccccc2F)c([N+](=O)[O-])cc1OC. The fraction of sp³-hybridized carbons (Fsp3) is 0.235. The third-order valence-corrected chi connectivity index (χ3v) is 3.42. The Balaban J connectivity index is 2.32. The van der Waals surface area contributed by atoms with Crippen molar-refractivity contribution < 1.29 is 23.6 Å². The summed E-state index contributed by atoms with van der Waals surface area (Å²) in [5.41, 5.74) is -0.339. The average molecular weight is 348 g/mol. The molecule has 7 nitrogen and oxygen atoms in total. The van der Waals surface area contributed by atoms with Crippen LogP contribution in [-0.4, -0.2) is 24.5 Å². The molecule has 0 saturated heterocycles. The Hall–Kier alpha value is -3.16. The minimum absolute atomic E-state index is 0.0986. The molecule has 0 aliphatic rings. The first-order valence-corrected chi connectivity index (χ1v) is 7.48. The fourth-order valence-corrected chi connectivity index (χ4v) is 2.22. The minimum atomic E-state index is -0.710. The first kappa shape index (κ1) is 18.2. The Kier molecular flexibility index (Phi) is 5.89. The first-order chi connectivity index (χ1) is 12.0. The summed E-state index contributed by atoms with van der Waals surface area (Å²) in [7, 11) is 1.35. The lowest BCUT2D eigenvalue weighted by Crippen LogP contribution is -2.24. The van der Waals surface area contributed by atoms with Gasteiger partial charge in [0.1, 0.15) is 11.4 Å². The van der Waals surface area contributed by atoms with Gasteiger partial charge in [0.05, 0.1) is 24.7 Å². The van der Waals surface area contributed by atoms with Gasteiger partial charge in [0.25, 0.3) is 11.6 Å². The molecule has 0 spiro atoms. The van der Waals surface area contributed by atoms with Crippen molar-refractivity contribution in [2.75, 3.05) is 13.7 Å². The lowest BCUT2D eigenvalue weighted by molar-refractivity contribution is -0.385. The van der Waals surface area contributed by atoms with E-state index in [1.165, 1.54) is 31.4 Å². The second-order valence-electron chi connectivity index (χ2n) is 4.98. The third kappa shape index (κ3) is 4.23. The number of nitrogens with one attached hydrogen (secondary N) is 1. The molecule has 0 aliphatic heterocycles. The molecule has 0 saturated carbocycles. The molecule has 132 valence electrons. The standard InChI is InChI=1S/C17H17FN2O5/c1-3-25-16-8-12(14(20(22)23)9-15(16)24-2)17(21)19-10-11-6-4-5-7-13(11)18/h4-9H,3,10H2,1-2H3,(H,19,21). The summed E-state index contributed by atoms with van der Waals surface area (Å²) in [4.78, 5) is 23.0. The third-order valence-electron chi connectivity index (χ3n) is 3.42. The van der Waals surface area contributed by atoms with Gasteiger partial charge in [-0.1, -0.05) is 18.2 Å². The number of carbonyl (C=O) groups is 1. The van der Waals surface area contributed by atoms with E-state index in [4.69, 9.17) is 9.47 Å². The van der Waals surface area contributed by atoms with Gasteiger partial charge in [-0.05, 0) is 13.0 Å². The predicted molar refractivity (Wildman–Crippen MR) is 88.4 cm³/mol. The van der Waals surface area contributed by atoms with E-state index in [0.29, 0.717) is 6.61 Å². The first-order valence-electron chi connectivity index (χ1n) is 7.48. The fourth-order valence-electron chi connectivity index (χ4n) is 2.22. The van der Waals surface area contributed by atoms with Crippen LogP contribution in [0.25, 0.3) is 0 Å². The summed E-state index contributed by atoms with van der Waals surface area (Å²) < 4.78 is 24.0. The molecule has 0 heterocycles. The van der Waals surface area contributed by atoms with E-state index in [1.54, 1.807) is 13.0 Å². The summed E-state index contributed by atoms with van der Waals surface area (Å²) in [5, 5.41) is 13.7. The van der Waals surface area contributed by atoms with Gasteiger partial charge in [-0.3, -0.25) is 14.9 Å². The van der Waals surface area contributed by atoms with Crippen molar-refractivity contribution in [3.8, 4) is 11.5 Å². The number of ether oxygens (including phenoxy) is 2. The van der Waals surface area contributed by atoms with Crippen molar-refractivity contribution >= 4 is 11.6 Å². The van der Waals surface area contributed by atoms with Crippen molar-refractivity contribution in [1.82, 2.24) is 5.32 Å². The largest absolute Gasteiger partial charge is 0.493 e. The monoisotopic (exact) mass is 348 g/mol. The molecule has 0 fully saturated rings. The number of methoxy groups -OCH3 is 1. The van der Waals surface area contributed by atoms with Crippen LogP contribution in [0.3, 0.4) is 0 Å². The average Bonchev–Trinajstić information content (AvgIpc) is 2.60. The van der Waals surface area contributed by atoms with E-state index < -0.39 is 22.3 Å². The second kappa shape index (κ2) is 8.09. The number of hydrogen-bond donors (Lipinski definition) is 1. The van der Waals surface area contributed by atoms with E-state index in [9.17, 15) is 19.3 Å². The zero-order valence-corrected chi connectivity index (χ0v) is 13.7. The molecule has 0 bridgehead atoms. The Morgan fingerprint density at radius 2 is 2.00 bits per heavy atom. The molecule has 0 aliphatic carbocycles. The maximum atomic E-state index is 13.6. The molecule has 2 aromatic rings. The van der Waals surface area contributed by atoms with Crippen LogP contribution in [0.15, 0.2) is 36.4 Å². The number of nitro groups is 1. The smallest absolute Gasteiger partial charge is 0.286 e. The maximum Gasteiger partial charge on any atom is 0.286 e. The minimum Gasteiger partial charge on any atom is -0.493 e. The number of halogens is 1. The van der Waals surface area contributed by atoms with Crippen molar-refractivity contribution in [3.05, 3.63) is 63.5 Å². The van der Waals surface area contributed by atoms with Crippen molar-refractivity contribution in [2.45, 2.75) is 13.5 Å². The van der Waals surface area contributed by atoms with E-state index in [0.717, 1.165) is 6.07 Å². The number of amides is 1. The van der Waals surface area contributed by atoms with Crippen molar-refractivity contribution in [1.29, 1.82) is 0 Å². The molecule has 2 rings (SSSR count). The molecule has 2 aromatic carbocycles. The number of nitrogens with zero attached hydrogens (tertiary/aromatic N) is 1. The normalized spacial score (nSPS) is 10.2. The number of rotatable bonds is 7. The second-order valence-corrected chi connectivity index (χ2v) is 4.98. The molecule has 25 heavy (non-hydrogen) atoms. The summed E-state index contributed by atoms with van der Waals surface area (Å²) in [6.07, 6.45) is 0. The molecular formula is C17H17FN2O5. The van der Waals surface area contributed by atoms with Gasteiger partial charge in [0.15, 0.2) is 11.5 Å². The van der Waals surface area contributed by atoms with Crippen LogP contribution in [0, 0.1) is 15.9 Å². The molecule has 0 aromatic heterocycles. The zero-order valence-electron chi connectivity index (χ0n) is 13.7. The predicted octanol–water partition coefficient (Wildman–Crippen LogP) is 3.07. The molecule has 8 heteroatoms. The van der Waals surface area contributed by atoms with Gasteiger partial charge < -0.3 is 14.8 Å². The van der Waals surface area contributed by atoms with Gasteiger partial charge in [0.2, 0.25) is 0 Å². The Bertz CT molecular complexity index is 795. The van der Waals surface area contributed by atoms with Crippen LogP contribution in [0.4, 0.5) is 10.1 Å². The van der Waals surface area contributed by atoms with Gasteiger partial charge in [-0.25, -0.2) is 4.39 Å². The maximum absolute atomic E-state index is 13.6. The van der Waals surface area contributed by atoms with Crippen LogP contribution >= 0.6 is 0 Å². The number of benzene rings is 2. The summed E-state index contributed by atoms with van der Waals surface area (Å²) in [6.45, 7) is 1.93. The number of carbonyl (C=O) groups excluding carboxylic acids is 1. The topological polar surface area (TPSA) is 90.7 Å². The molecule has 1 amide bonds. The summed E-state index contributed by atoms with van der Waals surface area (Å²) in [6, 6.07) is 8.32. The highest BCUT2D eigenvalue weighted by Gasteiger charge is 2.24. The van der Waals surface area contributed by atoms with Crippen molar-refractivity contribution in [2.24, 2.45) is 0 Å². The molecule has 0 unspecified atom stereocenters. The lowest BCUT2D eigenvalue weighted by Gasteiger charge is -2.12. The number of hydrogen-bond acceptors (Lipinski definition) is 5. The highest BCUT2D eigenvalue weighted by molar-refractivity contribution is 5.99. The van der Waals surface area contributed by atoms with Gasteiger partial charge >= 0.3 is 0 Å². The van der Waals surface area contributed by atoms with Gasteiger partial charge in [-0.2, -0.15) is 0 Å². The Labute approximate surface area is 143 Å². The van der Waals surface area contributed by atoms with Crippen LogP contribution in [0.5, 0.6) is 11.5 Å². The van der Waals surface area contributed by atoms with Gasteiger partial charge in [-0.15, -0.1) is 0 Å². The molecule has 0 atom stereocenters. The van der Waals surface area contributed by atoms with Gasteiger partial charge in [0, 0.05) is 18.2 Å². The zero-order chi connectivity index (χ0) is 18.4. The molecule has 0 radical (unpaired) electrons. The summed E-state index contributed by atoms with van der Waals surface area (Å²) >= 11 is 0. The van der Waals surface area contributed by atoms with E-state index >= 15 is 0 Å². The molecule has 1 N–H and O–H groups in total. The number of nitro benzene ring substituents is 1. The van der Waals surface area contributed by atoms with Crippen LogP contribution in [0.1, 0.15) is 22.8 Å². The quantitative estimate of drug-likeness (QED) is 0.613. The summed E-state index contributed by atoms with van der Waals surface area (Å²) in [5.74, 6) is -0.813.